The van der Waals surface area contributed by atoms with Crippen LogP contribution in [-0.4, -0.2) is 49.7 Å². The maximum absolute atomic E-state index is 12.2. The molecule has 0 bridgehead atoms. The molecule has 2 heterocycles. The lowest BCUT2D eigenvalue weighted by Crippen LogP contribution is -2.41. The van der Waals surface area contributed by atoms with E-state index in [0.717, 1.165) is 11.0 Å². The Morgan fingerprint density at radius 2 is 1.40 bits per heavy atom. The van der Waals surface area contributed by atoms with Gasteiger partial charge in [-0.25, -0.2) is 0 Å². The summed E-state index contributed by atoms with van der Waals surface area (Å²) >= 11 is 0. The molecular weight excluding hydrogens is 382 g/mol. The highest BCUT2D eigenvalue weighted by Crippen LogP contribution is 2.42. The maximum atomic E-state index is 12.2. The summed E-state index contributed by atoms with van der Waals surface area (Å²) in [6.07, 6.45) is 0.153. The van der Waals surface area contributed by atoms with Gasteiger partial charge >= 0.3 is 20.2 Å². The lowest BCUT2D eigenvalue weighted by atomic mass is 9.65. The van der Waals surface area contributed by atoms with Crippen LogP contribution in [0.15, 0.2) is 24.3 Å². The van der Waals surface area contributed by atoms with Gasteiger partial charge in [0.2, 0.25) is 0 Å². The third-order valence-electron chi connectivity index (χ3n) is 7.08. The number of rotatable bonds is 5. The van der Waals surface area contributed by atoms with E-state index in [1.54, 1.807) is 0 Å². The van der Waals surface area contributed by atoms with Gasteiger partial charge in [-0.05, 0) is 66.4 Å². The van der Waals surface area contributed by atoms with Crippen LogP contribution >= 0.6 is 0 Å². The van der Waals surface area contributed by atoms with Crippen molar-refractivity contribution in [2.45, 2.75) is 90.0 Å². The van der Waals surface area contributed by atoms with Crippen LogP contribution in [0.5, 0.6) is 0 Å². The zero-order valence-corrected chi connectivity index (χ0v) is 19.7. The molecule has 0 N–H and O–H groups in total. The smallest absolute Gasteiger partial charge is 0.469 e. The minimum atomic E-state index is -0.567. The summed E-state index contributed by atoms with van der Waals surface area (Å²) in [6.45, 7) is 16.1. The van der Waals surface area contributed by atoms with E-state index in [-0.39, 0.29) is 18.2 Å². The summed E-state index contributed by atoms with van der Waals surface area (Å²) in [5.74, 6) is -0.628. The first kappa shape index (κ1) is 23.3. The van der Waals surface area contributed by atoms with Crippen molar-refractivity contribution in [1.82, 2.24) is 0 Å². The van der Waals surface area contributed by atoms with Crippen LogP contribution in [0.2, 0.25) is 0 Å². The number of hydrogen-bond acceptors (Lipinski definition) is 6. The van der Waals surface area contributed by atoms with Crippen molar-refractivity contribution in [3.8, 4) is 0 Å². The zero-order chi connectivity index (χ0) is 22.5. The number of esters is 1. The topological polar surface area (TPSA) is 63.2 Å². The van der Waals surface area contributed by atoms with Crippen LogP contribution in [0, 0.1) is 0 Å². The third-order valence-corrected chi connectivity index (χ3v) is 7.08. The number of benzene rings is 1. The van der Waals surface area contributed by atoms with E-state index in [4.69, 9.17) is 23.4 Å². The minimum Gasteiger partial charge on any atom is -0.469 e. The Hall–Kier alpha value is -1.34. The predicted molar refractivity (Wildman–Crippen MR) is 118 cm³/mol. The summed E-state index contributed by atoms with van der Waals surface area (Å²) in [7, 11) is 0.347. The molecule has 2 aliphatic rings. The molecule has 0 amide bonds. The molecule has 1 aromatic rings. The molecule has 0 saturated carbocycles. The third kappa shape index (κ3) is 4.20. The van der Waals surface area contributed by atoms with Crippen molar-refractivity contribution in [2.24, 2.45) is 0 Å². The first-order valence-electron chi connectivity index (χ1n) is 10.6. The van der Waals surface area contributed by atoms with E-state index in [9.17, 15) is 4.79 Å². The summed E-state index contributed by atoms with van der Waals surface area (Å²) in [5, 5.41) is 0. The Labute approximate surface area is 181 Å². The van der Waals surface area contributed by atoms with Gasteiger partial charge in [-0.2, -0.15) is 0 Å². The van der Waals surface area contributed by atoms with E-state index in [1.165, 1.54) is 7.11 Å². The number of carbonyl (C=O) groups is 1. The Morgan fingerprint density at radius 3 is 1.90 bits per heavy atom. The summed E-state index contributed by atoms with van der Waals surface area (Å²) in [6, 6.07) is 7.92. The van der Waals surface area contributed by atoms with E-state index >= 15 is 0 Å². The summed E-state index contributed by atoms with van der Waals surface area (Å²) < 4.78 is 29.9. The highest BCUT2D eigenvalue weighted by atomic mass is 16.7. The van der Waals surface area contributed by atoms with Gasteiger partial charge < -0.3 is 23.4 Å². The molecule has 3 rings (SSSR count). The van der Waals surface area contributed by atoms with E-state index in [0.29, 0.717) is 0 Å². The highest BCUT2D eigenvalue weighted by Gasteiger charge is 2.55. The van der Waals surface area contributed by atoms with Crippen molar-refractivity contribution < 1.29 is 28.1 Å². The SMILES string of the molecule is COC(=O)CC(B1OC(C)(C)C(C)(C)O1)c1cccc(B2OC(C)(C)C(C)(C)O2)c1. The molecule has 2 saturated heterocycles. The Balaban J connectivity index is 1.92. The number of ether oxygens (including phenoxy) is 1. The second-order valence-corrected chi connectivity index (χ2v) is 10.3. The minimum absolute atomic E-state index is 0.153. The van der Waals surface area contributed by atoms with Gasteiger partial charge in [0.15, 0.2) is 0 Å². The number of hydrogen-bond donors (Lipinski definition) is 0. The van der Waals surface area contributed by atoms with Crippen LogP contribution in [-0.2, 0) is 28.1 Å². The first-order valence-corrected chi connectivity index (χ1v) is 10.6. The quantitative estimate of drug-likeness (QED) is 0.543. The van der Waals surface area contributed by atoms with Gasteiger partial charge in [0.05, 0.1) is 35.9 Å². The Kier molecular flexibility index (Phi) is 5.96. The van der Waals surface area contributed by atoms with Gasteiger partial charge in [0.25, 0.3) is 0 Å². The lowest BCUT2D eigenvalue weighted by molar-refractivity contribution is -0.140. The fourth-order valence-corrected chi connectivity index (χ4v) is 3.60. The lowest BCUT2D eigenvalue weighted by Gasteiger charge is -2.32. The van der Waals surface area contributed by atoms with Crippen LogP contribution in [0.1, 0.15) is 73.2 Å². The molecule has 164 valence electrons. The molecule has 0 radical (unpaired) electrons. The molecular formula is C22H34B2O6. The second kappa shape index (κ2) is 7.66. The first-order chi connectivity index (χ1) is 13.7. The van der Waals surface area contributed by atoms with Crippen LogP contribution < -0.4 is 5.46 Å². The molecule has 0 aliphatic carbocycles. The molecule has 1 unspecified atom stereocenters. The monoisotopic (exact) mass is 416 g/mol. The summed E-state index contributed by atoms with van der Waals surface area (Å²) in [5.41, 5.74) is -0.0102. The molecule has 2 aliphatic heterocycles. The van der Waals surface area contributed by atoms with Crippen molar-refractivity contribution in [1.29, 1.82) is 0 Å². The van der Waals surface area contributed by atoms with E-state index < -0.39 is 36.6 Å². The molecule has 8 heteroatoms. The molecule has 1 aromatic carbocycles. The van der Waals surface area contributed by atoms with Gasteiger partial charge in [0, 0.05) is 5.82 Å². The fraction of sp³-hybridized carbons (Fsp3) is 0.682. The van der Waals surface area contributed by atoms with Crippen molar-refractivity contribution in [3.63, 3.8) is 0 Å². The van der Waals surface area contributed by atoms with Crippen molar-refractivity contribution >= 4 is 25.7 Å². The largest absolute Gasteiger partial charge is 0.494 e. The van der Waals surface area contributed by atoms with Crippen molar-refractivity contribution in [2.75, 3.05) is 7.11 Å². The summed E-state index contributed by atoms with van der Waals surface area (Å²) in [4.78, 5) is 12.2. The molecule has 2 fully saturated rings. The average molecular weight is 416 g/mol. The number of methoxy groups -OCH3 is 1. The van der Waals surface area contributed by atoms with Crippen molar-refractivity contribution in [3.05, 3.63) is 29.8 Å². The molecule has 30 heavy (non-hydrogen) atoms. The second-order valence-electron chi connectivity index (χ2n) is 10.3. The highest BCUT2D eigenvalue weighted by molar-refractivity contribution is 6.62. The Bertz CT molecular complexity index is 773. The fourth-order valence-electron chi connectivity index (χ4n) is 3.60. The predicted octanol–water partition coefficient (Wildman–Crippen LogP) is 3.26. The number of carbonyl (C=O) groups excluding carboxylic acids is 1. The molecule has 0 spiro atoms. The molecule has 0 aromatic heterocycles. The van der Waals surface area contributed by atoms with Crippen LogP contribution in [0.25, 0.3) is 0 Å². The normalized spacial score (nSPS) is 24.7. The van der Waals surface area contributed by atoms with E-state index in [1.807, 2.05) is 79.7 Å². The zero-order valence-electron chi connectivity index (χ0n) is 19.7. The molecule has 6 nitrogen and oxygen atoms in total. The average Bonchev–Trinajstić information content (AvgIpc) is 2.99. The molecule has 1 atom stereocenters. The van der Waals surface area contributed by atoms with E-state index in [2.05, 4.69) is 0 Å². The standard InChI is InChI=1S/C22H34B2O6/c1-19(2)20(3,4)28-23(27-19)16-12-10-11-15(13-16)17(14-18(25)26-9)24-29-21(5,6)22(7,8)30-24/h10-13,17H,14H2,1-9H3. The van der Waals surface area contributed by atoms with Gasteiger partial charge in [-0.1, -0.05) is 24.3 Å². The van der Waals surface area contributed by atoms with Gasteiger partial charge in [-0.3, -0.25) is 4.79 Å². The van der Waals surface area contributed by atoms with Gasteiger partial charge in [-0.15, -0.1) is 0 Å². The maximum Gasteiger partial charge on any atom is 0.494 e. The van der Waals surface area contributed by atoms with Crippen LogP contribution in [0.3, 0.4) is 0 Å². The van der Waals surface area contributed by atoms with Gasteiger partial charge in [0.1, 0.15) is 0 Å². The van der Waals surface area contributed by atoms with Crippen LogP contribution in [0.4, 0.5) is 0 Å². The Morgan fingerprint density at radius 1 is 0.900 bits per heavy atom.